The van der Waals surface area contributed by atoms with Crippen LogP contribution in [0.4, 0.5) is 17.1 Å². The van der Waals surface area contributed by atoms with Gasteiger partial charge in [-0.05, 0) is 28.1 Å². The Kier molecular flexibility index (Phi) is 3.21. The van der Waals surface area contributed by atoms with Gasteiger partial charge in [0.2, 0.25) is 0 Å². The molecule has 0 amide bonds. The fraction of sp³-hybridized carbons (Fsp3) is 0.143. The summed E-state index contributed by atoms with van der Waals surface area (Å²) < 4.78 is 12.0. The third-order valence-electron chi connectivity index (χ3n) is 2.86. The van der Waals surface area contributed by atoms with Gasteiger partial charge in [-0.2, -0.15) is 0 Å². The van der Waals surface area contributed by atoms with Crippen molar-refractivity contribution in [3.63, 3.8) is 0 Å². The van der Waals surface area contributed by atoms with Gasteiger partial charge >= 0.3 is 0 Å². The second-order valence-electron chi connectivity index (χ2n) is 4.19. The maximum absolute atomic E-state index is 6.03. The summed E-state index contributed by atoms with van der Waals surface area (Å²) in [7, 11) is 0. The summed E-state index contributed by atoms with van der Waals surface area (Å²) in [6.45, 7) is 1.12. The van der Waals surface area contributed by atoms with Crippen LogP contribution < -0.4 is 20.5 Å². The van der Waals surface area contributed by atoms with Crippen molar-refractivity contribution in [3.05, 3.63) is 40.9 Å². The lowest BCUT2D eigenvalue weighted by Gasteiger charge is -2.20. The topological polar surface area (TPSA) is 56.5 Å². The standard InChI is InChI=1S/C14H13BrN2O2/c15-9-3-1-2-4-11(9)17-12-8-14-13(7-10(12)16)18-5-6-19-14/h1-4,7-8,17H,5-6,16H2. The summed E-state index contributed by atoms with van der Waals surface area (Å²) in [6.07, 6.45) is 0. The van der Waals surface area contributed by atoms with Gasteiger partial charge in [-0.3, -0.25) is 0 Å². The van der Waals surface area contributed by atoms with Crippen molar-refractivity contribution < 1.29 is 9.47 Å². The molecule has 1 aliphatic heterocycles. The number of halogens is 1. The Bertz CT molecular complexity index is 616. The van der Waals surface area contributed by atoms with Gasteiger partial charge in [0, 0.05) is 16.6 Å². The van der Waals surface area contributed by atoms with Crippen molar-refractivity contribution in [3.8, 4) is 11.5 Å². The lowest BCUT2D eigenvalue weighted by atomic mass is 10.2. The number of anilines is 3. The van der Waals surface area contributed by atoms with Gasteiger partial charge < -0.3 is 20.5 Å². The van der Waals surface area contributed by atoms with Gasteiger partial charge in [0.1, 0.15) is 13.2 Å². The van der Waals surface area contributed by atoms with E-state index in [2.05, 4.69) is 21.2 Å². The van der Waals surface area contributed by atoms with Crippen LogP contribution in [-0.2, 0) is 0 Å². The molecule has 4 nitrogen and oxygen atoms in total. The van der Waals surface area contributed by atoms with E-state index in [-0.39, 0.29) is 0 Å². The second-order valence-corrected chi connectivity index (χ2v) is 5.04. The lowest BCUT2D eigenvalue weighted by molar-refractivity contribution is 0.172. The Labute approximate surface area is 119 Å². The Morgan fingerprint density at radius 1 is 1.00 bits per heavy atom. The molecule has 2 aromatic carbocycles. The predicted molar refractivity (Wildman–Crippen MR) is 79.3 cm³/mol. The minimum Gasteiger partial charge on any atom is -0.486 e. The van der Waals surface area contributed by atoms with E-state index in [1.54, 1.807) is 6.07 Å². The molecule has 0 aromatic heterocycles. The van der Waals surface area contributed by atoms with E-state index in [0.29, 0.717) is 24.7 Å². The molecule has 0 radical (unpaired) electrons. The maximum atomic E-state index is 6.03. The minimum atomic E-state index is 0.559. The summed E-state index contributed by atoms with van der Waals surface area (Å²) in [6, 6.07) is 11.5. The highest BCUT2D eigenvalue weighted by molar-refractivity contribution is 9.10. The molecule has 3 rings (SSSR count). The zero-order chi connectivity index (χ0) is 13.2. The van der Waals surface area contributed by atoms with E-state index >= 15 is 0 Å². The third kappa shape index (κ3) is 2.46. The number of para-hydroxylation sites is 1. The first kappa shape index (κ1) is 12.2. The Morgan fingerprint density at radius 3 is 2.42 bits per heavy atom. The number of nitrogens with one attached hydrogen (secondary N) is 1. The van der Waals surface area contributed by atoms with Crippen LogP contribution in [0.3, 0.4) is 0 Å². The number of ether oxygens (including phenoxy) is 2. The Hall–Kier alpha value is -1.88. The number of rotatable bonds is 2. The molecular weight excluding hydrogens is 308 g/mol. The molecule has 0 atom stereocenters. The van der Waals surface area contributed by atoms with Crippen molar-refractivity contribution in [2.24, 2.45) is 0 Å². The SMILES string of the molecule is Nc1cc2c(cc1Nc1ccccc1Br)OCCO2. The molecule has 0 spiro atoms. The first-order valence-corrected chi connectivity index (χ1v) is 6.74. The summed E-state index contributed by atoms with van der Waals surface area (Å²) in [5.74, 6) is 1.41. The van der Waals surface area contributed by atoms with Crippen LogP contribution in [0.15, 0.2) is 40.9 Å². The molecule has 19 heavy (non-hydrogen) atoms. The third-order valence-corrected chi connectivity index (χ3v) is 3.55. The van der Waals surface area contributed by atoms with Crippen LogP contribution in [0, 0.1) is 0 Å². The van der Waals surface area contributed by atoms with Crippen molar-refractivity contribution in [1.82, 2.24) is 0 Å². The van der Waals surface area contributed by atoms with Gasteiger partial charge in [-0.25, -0.2) is 0 Å². The zero-order valence-electron chi connectivity index (χ0n) is 10.2. The van der Waals surface area contributed by atoms with Crippen LogP contribution in [0.2, 0.25) is 0 Å². The molecule has 1 heterocycles. The van der Waals surface area contributed by atoms with E-state index in [9.17, 15) is 0 Å². The largest absolute Gasteiger partial charge is 0.486 e. The van der Waals surface area contributed by atoms with Gasteiger partial charge in [-0.15, -0.1) is 0 Å². The number of hydrogen-bond donors (Lipinski definition) is 2. The number of benzene rings is 2. The lowest BCUT2D eigenvalue weighted by Crippen LogP contribution is -2.15. The molecule has 3 N–H and O–H groups in total. The number of nitrogens with two attached hydrogens (primary N) is 1. The zero-order valence-corrected chi connectivity index (χ0v) is 11.7. The predicted octanol–water partition coefficient (Wildman–Crippen LogP) is 3.55. The summed E-state index contributed by atoms with van der Waals surface area (Å²) in [5.41, 5.74) is 8.41. The molecule has 1 aliphatic rings. The summed E-state index contributed by atoms with van der Waals surface area (Å²) in [4.78, 5) is 0. The fourth-order valence-electron chi connectivity index (χ4n) is 1.92. The van der Waals surface area contributed by atoms with E-state index in [4.69, 9.17) is 15.2 Å². The quantitative estimate of drug-likeness (QED) is 0.831. The average Bonchev–Trinajstić information content (AvgIpc) is 2.42. The highest BCUT2D eigenvalue weighted by atomic mass is 79.9. The Morgan fingerprint density at radius 2 is 1.68 bits per heavy atom. The van der Waals surface area contributed by atoms with Gasteiger partial charge in [0.25, 0.3) is 0 Å². The van der Waals surface area contributed by atoms with Crippen molar-refractivity contribution in [2.45, 2.75) is 0 Å². The molecule has 98 valence electrons. The van der Waals surface area contributed by atoms with E-state index < -0.39 is 0 Å². The van der Waals surface area contributed by atoms with Crippen molar-refractivity contribution >= 4 is 33.0 Å². The highest BCUT2D eigenvalue weighted by Crippen LogP contribution is 2.38. The number of hydrogen-bond acceptors (Lipinski definition) is 4. The molecular formula is C14H13BrN2O2. The second kappa shape index (κ2) is 5.01. The van der Waals surface area contributed by atoms with Crippen molar-refractivity contribution in [1.29, 1.82) is 0 Å². The van der Waals surface area contributed by atoms with Gasteiger partial charge in [0.15, 0.2) is 11.5 Å². The molecule has 0 aliphatic carbocycles. The number of fused-ring (bicyclic) bond motifs is 1. The van der Waals surface area contributed by atoms with Crippen LogP contribution >= 0.6 is 15.9 Å². The molecule has 5 heteroatoms. The smallest absolute Gasteiger partial charge is 0.163 e. The van der Waals surface area contributed by atoms with Crippen molar-refractivity contribution in [2.75, 3.05) is 24.3 Å². The maximum Gasteiger partial charge on any atom is 0.163 e. The molecule has 0 bridgehead atoms. The van der Waals surface area contributed by atoms with Crippen LogP contribution in [-0.4, -0.2) is 13.2 Å². The molecule has 0 saturated heterocycles. The van der Waals surface area contributed by atoms with Gasteiger partial charge in [0.05, 0.1) is 17.1 Å². The first-order valence-electron chi connectivity index (χ1n) is 5.95. The van der Waals surface area contributed by atoms with Crippen LogP contribution in [0.5, 0.6) is 11.5 Å². The molecule has 0 saturated carbocycles. The highest BCUT2D eigenvalue weighted by Gasteiger charge is 2.15. The van der Waals surface area contributed by atoms with E-state index in [1.165, 1.54) is 0 Å². The average molecular weight is 321 g/mol. The molecule has 2 aromatic rings. The minimum absolute atomic E-state index is 0.559. The molecule has 0 unspecified atom stereocenters. The monoisotopic (exact) mass is 320 g/mol. The normalized spacial score (nSPS) is 13.1. The van der Waals surface area contributed by atoms with Gasteiger partial charge in [-0.1, -0.05) is 12.1 Å². The van der Waals surface area contributed by atoms with E-state index in [1.807, 2.05) is 30.3 Å². The van der Waals surface area contributed by atoms with Crippen LogP contribution in [0.1, 0.15) is 0 Å². The van der Waals surface area contributed by atoms with E-state index in [0.717, 1.165) is 21.6 Å². The molecule has 0 fully saturated rings. The fourth-order valence-corrected chi connectivity index (χ4v) is 2.30. The summed E-state index contributed by atoms with van der Waals surface area (Å²) >= 11 is 3.49. The number of nitrogen functional groups attached to an aromatic ring is 1. The Balaban J connectivity index is 1.95. The summed E-state index contributed by atoms with van der Waals surface area (Å²) in [5, 5.41) is 3.28. The first-order chi connectivity index (χ1) is 9.24. The van der Waals surface area contributed by atoms with Crippen LogP contribution in [0.25, 0.3) is 0 Å².